The maximum Gasteiger partial charge on any atom is 0.222 e. The van der Waals surface area contributed by atoms with Crippen LogP contribution in [0.25, 0.3) is 0 Å². The second kappa shape index (κ2) is 6.66. The van der Waals surface area contributed by atoms with Gasteiger partial charge in [-0.2, -0.15) is 0 Å². The van der Waals surface area contributed by atoms with Crippen LogP contribution < -0.4 is 5.73 Å². The Bertz CT molecular complexity index is 234. The second-order valence-electron chi connectivity index (χ2n) is 4.52. The van der Waals surface area contributed by atoms with E-state index in [0.29, 0.717) is 18.9 Å². The molecule has 0 aromatic heterocycles. The molecule has 0 spiro atoms. The zero-order valence-corrected chi connectivity index (χ0v) is 10.2. The third kappa shape index (κ3) is 3.94. The number of carbonyl (C=O) groups is 1. The summed E-state index contributed by atoms with van der Waals surface area (Å²) in [6, 6.07) is 0. The molecule has 4 nitrogen and oxygen atoms in total. The summed E-state index contributed by atoms with van der Waals surface area (Å²) in [4.78, 5) is 16.1. The topological polar surface area (TPSA) is 49.6 Å². The lowest BCUT2D eigenvalue weighted by atomic mass is 10.1. The maximum atomic E-state index is 11.9. The Morgan fingerprint density at radius 1 is 1.44 bits per heavy atom. The van der Waals surface area contributed by atoms with Gasteiger partial charge in [0.25, 0.3) is 0 Å². The molecule has 1 atom stereocenters. The summed E-state index contributed by atoms with van der Waals surface area (Å²) in [7, 11) is 0. The minimum absolute atomic E-state index is 0.246. The van der Waals surface area contributed by atoms with Gasteiger partial charge in [-0.3, -0.25) is 9.69 Å². The number of hydrogen-bond acceptors (Lipinski definition) is 3. The molecule has 16 heavy (non-hydrogen) atoms. The standard InChI is InChI=1S/C12H23N3O/c1-3-4-14-5-7-15(8-6-14)12(16)9-11(2)10-13/h3,11H,1,4-10,13H2,2H3. The van der Waals surface area contributed by atoms with Crippen LogP contribution in [0.5, 0.6) is 0 Å². The van der Waals surface area contributed by atoms with Crippen LogP contribution in [-0.2, 0) is 4.79 Å². The van der Waals surface area contributed by atoms with Crippen LogP contribution in [0.2, 0.25) is 0 Å². The number of rotatable bonds is 5. The fraction of sp³-hybridized carbons (Fsp3) is 0.750. The molecule has 92 valence electrons. The maximum absolute atomic E-state index is 11.9. The molecule has 1 rings (SSSR count). The van der Waals surface area contributed by atoms with E-state index in [-0.39, 0.29) is 5.91 Å². The minimum atomic E-state index is 0.246. The molecule has 1 fully saturated rings. The van der Waals surface area contributed by atoms with Crippen molar-refractivity contribution in [1.82, 2.24) is 9.80 Å². The summed E-state index contributed by atoms with van der Waals surface area (Å²) in [6.07, 6.45) is 2.49. The molecule has 1 saturated heterocycles. The van der Waals surface area contributed by atoms with E-state index in [1.54, 1.807) is 0 Å². The van der Waals surface area contributed by atoms with Crippen molar-refractivity contribution in [3.63, 3.8) is 0 Å². The summed E-state index contributed by atoms with van der Waals surface area (Å²) >= 11 is 0. The SMILES string of the molecule is C=CCN1CCN(C(=O)CC(C)CN)CC1. The van der Waals surface area contributed by atoms with Gasteiger partial charge < -0.3 is 10.6 Å². The monoisotopic (exact) mass is 225 g/mol. The quantitative estimate of drug-likeness (QED) is 0.685. The van der Waals surface area contributed by atoms with Gasteiger partial charge in [0.2, 0.25) is 5.91 Å². The van der Waals surface area contributed by atoms with Gasteiger partial charge in [-0.15, -0.1) is 6.58 Å². The van der Waals surface area contributed by atoms with Crippen molar-refractivity contribution in [2.45, 2.75) is 13.3 Å². The number of nitrogens with two attached hydrogens (primary N) is 1. The summed E-state index contributed by atoms with van der Waals surface area (Å²) in [6.45, 7) is 10.8. The van der Waals surface area contributed by atoms with E-state index >= 15 is 0 Å². The highest BCUT2D eigenvalue weighted by Crippen LogP contribution is 2.07. The largest absolute Gasteiger partial charge is 0.340 e. The van der Waals surface area contributed by atoms with Crippen molar-refractivity contribution in [2.24, 2.45) is 11.7 Å². The van der Waals surface area contributed by atoms with Crippen LogP contribution in [0.15, 0.2) is 12.7 Å². The number of piperazine rings is 1. The van der Waals surface area contributed by atoms with Crippen molar-refractivity contribution >= 4 is 5.91 Å². The first kappa shape index (κ1) is 13.2. The smallest absolute Gasteiger partial charge is 0.222 e. The Morgan fingerprint density at radius 3 is 2.56 bits per heavy atom. The zero-order valence-electron chi connectivity index (χ0n) is 10.2. The van der Waals surface area contributed by atoms with Gasteiger partial charge in [0.15, 0.2) is 0 Å². The molecule has 4 heteroatoms. The second-order valence-corrected chi connectivity index (χ2v) is 4.52. The molecular formula is C12H23N3O. The molecular weight excluding hydrogens is 202 g/mol. The third-order valence-corrected chi connectivity index (χ3v) is 3.04. The molecule has 0 radical (unpaired) electrons. The van der Waals surface area contributed by atoms with E-state index in [0.717, 1.165) is 32.7 Å². The Hall–Kier alpha value is -0.870. The third-order valence-electron chi connectivity index (χ3n) is 3.04. The van der Waals surface area contributed by atoms with Gasteiger partial charge in [-0.1, -0.05) is 13.0 Å². The average molecular weight is 225 g/mol. The average Bonchev–Trinajstić information content (AvgIpc) is 2.30. The fourth-order valence-corrected chi connectivity index (χ4v) is 1.87. The molecule has 2 N–H and O–H groups in total. The van der Waals surface area contributed by atoms with Gasteiger partial charge in [-0.25, -0.2) is 0 Å². The first-order chi connectivity index (χ1) is 7.67. The Balaban J connectivity index is 2.30. The number of hydrogen-bond donors (Lipinski definition) is 1. The van der Waals surface area contributed by atoms with Gasteiger partial charge >= 0.3 is 0 Å². The van der Waals surface area contributed by atoms with Crippen molar-refractivity contribution < 1.29 is 4.79 Å². The Kier molecular flexibility index (Phi) is 5.49. The molecule has 0 aliphatic carbocycles. The van der Waals surface area contributed by atoms with E-state index in [1.807, 2.05) is 17.9 Å². The number of carbonyl (C=O) groups excluding carboxylic acids is 1. The first-order valence-electron chi connectivity index (χ1n) is 5.98. The van der Waals surface area contributed by atoms with Gasteiger partial charge in [-0.05, 0) is 12.5 Å². The lowest BCUT2D eigenvalue weighted by Crippen LogP contribution is -2.49. The molecule has 0 saturated carbocycles. The van der Waals surface area contributed by atoms with E-state index in [4.69, 9.17) is 5.73 Å². The normalized spacial score (nSPS) is 19.5. The van der Waals surface area contributed by atoms with Crippen LogP contribution in [0.4, 0.5) is 0 Å². The van der Waals surface area contributed by atoms with Gasteiger partial charge in [0.1, 0.15) is 0 Å². The fourth-order valence-electron chi connectivity index (χ4n) is 1.87. The van der Waals surface area contributed by atoms with E-state index in [1.165, 1.54) is 0 Å². The predicted molar refractivity (Wildman–Crippen MR) is 66.1 cm³/mol. The van der Waals surface area contributed by atoms with E-state index in [9.17, 15) is 4.79 Å². The zero-order chi connectivity index (χ0) is 12.0. The highest BCUT2D eigenvalue weighted by Gasteiger charge is 2.21. The van der Waals surface area contributed by atoms with E-state index in [2.05, 4.69) is 11.5 Å². The van der Waals surface area contributed by atoms with Crippen molar-refractivity contribution in [3.05, 3.63) is 12.7 Å². The van der Waals surface area contributed by atoms with Gasteiger partial charge in [0, 0.05) is 39.1 Å². The highest BCUT2D eigenvalue weighted by atomic mass is 16.2. The minimum Gasteiger partial charge on any atom is -0.340 e. The van der Waals surface area contributed by atoms with Crippen LogP contribution in [0.3, 0.4) is 0 Å². The van der Waals surface area contributed by atoms with Crippen molar-refractivity contribution in [2.75, 3.05) is 39.3 Å². The summed E-state index contributed by atoms with van der Waals surface area (Å²) in [5.41, 5.74) is 5.52. The van der Waals surface area contributed by atoms with Crippen LogP contribution in [-0.4, -0.2) is 55.0 Å². The molecule has 0 bridgehead atoms. The molecule has 1 amide bonds. The first-order valence-corrected chi connectivity index (χ1v) is 5.98. The van der Waals surface area contributed by atoms with Crippen LogP contribution in [0.1, 0.15) is 13.3 Å². The summed E-state index contributed by atoms with van der Waals surface area (Å²) in [5.74, 6) is 0.537. The molecule has 1 aliphatic rings. The van der Waals surface area contributed by atoms with Crippen LogP contribution in [0, 0.1) is 5.92 Å². The van der Waals surface area contributed by atoms with Crippen LogP contribution >= 0.6 is 0 Å². The number of amides is 1. The summed E-state index contributed by atoms with van der Waals surface area (Å²) < 4.78 is 0. The van der Waals surface area contributed by atoms with Crippen molar-refractivity contribution in [3.8, 4) is 0 Å². The lowest BCUT2D eigenvalue weighted by Gasteiger charge is -2.34. The molecule has 0 aromatic carbocycles. The van der Waals surface area contributed by atoms with Crippen molar-refractivity contribution in [1.29, 1.82) is 0 Å². The molecule has 1 heterocycles. The molecule has 1 unspecified atom stereocenters. The molecule has 0 aromatic rings. The number of nitrogens with zero attached hydrogens (tertiary/aromatic N) is 2. The Labute approximate surface area is 98.1 Å². The Morgan fingerprint density at radius 2 is 2.06 bits per heavy atom. The highest BCUT2D eigenvalue weighted by molar-refractivity contribution is 5.76. The lowest BCUT2D eigenvalue weighted by molar-refractivity contribution is -0.133. The summed E-state index contributed by atoms with van der Waals surface area (Å²) in [5, 5.41) is 0. The molecule has 1 aliphatic heterocycles. The van der Waals surface area contributed by atoms with Gasteiger partial charge in [0.05, 0.1) is 0 Å². The predicted octanol–water partition coefficient (Wildman–Crippen LogP) is 0.302. The van der Waals surface area contributed by atoms with E-state index < -0.39 is 0 Å².